The molecule has 4 aromatic heterocycles. The molecule has 5 heterocycles. The zero-order valence-corrected chi connectivity index (χ0v) is 14.1. The average molecular weight is 348 g/mol. The molecule has 4 aromatic rings. The molecule has 1 N–H and O–H groups in total. The van der Waals surface area contributed by atoms with E-state index in [2.05, 4.69) is 30.7 Å². The van der Waals surface area contributed by atoms with Crippen molar-refractivity contribution >= 4 is 11.5 Å². The highest BCUT2D eigenvalue weighted by molar-refractivity contribution is 5.58. The zero-order chi connectivity index (χ0) is 17.5. The molecule has 9 heteroatoms. The number of rotatable bonds is 3. The monoisotopic (exact) mass is 348 g/mol. The summed E-state index contributed by atoms with van der Waals surface area (Å²) in [5.74, 6) is 2.28. The number of aromatic nitrogens is 7. The molecule has 0 fully saturated rings. The average Bonchev–Trinajstić information content (AvgIpc) is 3.28. The molecule has 0 spiro atoms. The van der Waals surface area contributed by atoms with Gasteiger partial charge in [-0.15, -0.1) is 10.2 Å². The standard InChI is InChI=1S/C17H16N8O/c1-24-10-11(8-20-24)13-4-5-15-21-22-16(25(15)23-13)7-12-9-19-17-14(26-12)3-2-6-18-17/h2-6,8,10,12H,7,9H2,1H3,(H,18,19). The Bertz CT molecular complexity index is 1090. The van der Waals surface area contributed by atoms with E-state index in [-0.39, 0.29) is 6.10 Å². The molecule has 1 aliphatic heterocycles. The molecule has 0 saturated carbocycles. The largest absolute Gasteiger partial charge is 0.484 e. The third-order valence-corrected chi connectivity index (χ3v) is 4.30. The van der Waals surface area contributed by atoms with Crippen LogP contribution in [0.25, 0.3) is 16.9 Å². The van der Waals surface area contributed by atoms with Crippen LogP contribution < -0.4 is 10.1 Å². The maximum absolute atomic E-state index is 6.03. The number of ether oxygens (including phenoxy) is 1. The second kappa shape index (κ2) is 5.80. The van der Waals surface area contributed by atoms with Crippen molar-refractivity contribution in [3.05, 3.63) is 48.7 Å². The van der Waals surface area contributed by atoms with Crippen LogP contribution in [0.1, 0.15) is 5.82 Å². The lowest BCUT2D eigenvalue weighted by atomic mass is 10.2. The molecule has 1 aliphatic rings. The van der Waals surface area contributed by atoms with Crippen LogP contribution in [0.5, 0.6) is 5.75 Å². The van der Waals surface area contributed by atoms with Crippen molar-refractivity contribution in [3.63, 3.8) is 0 Å². The molecule has 1 unspecified atom stereocenters. The van der Waals surface area contributed by atoms with Crippen LogP contribution in [0.4, 0.5) is 5.82 Å². The van der Waals surface area contributed by atoms with Gasteiger partial charge in [0.2, 0.25) is 0 Å². The summed E-state index contributed by atoms with van der Waals surface area (Å²) in [6, 6.07) is 7.59. The van der Waals surface area contributed by atoms with E-state index in [1.54, 1.807) is 21.6 Å². The molecule has 0 aromatic carbocycles. The molecule has 0 radical (unpaired) electrons. The van der Waals surface area contributed by atoms with Crippen LogP contribution in [0, 0.1) is 0 Å². The van der Waals surface area contributed by atoms with E-state index in [0.717, 1.165) is 28.6 Å². The molecule has 0 bridgehead atoms. The van der Waals surface area contributed by atoms with Gasteiger partial charge in [-0.1, -0.05) is 0 Å². The van der Waals surface area contributed by atoms with Crippen molar-refractivity contribution in [2.24, 2.45) is 7.05 Å². The zero-order valence-electron chi connectivity index (χ0n) is 14.1. The van der Waals surface area contributed by atoms with Crippen LogP contribution >= 0.6 is 0 Å². The van der Waals surface area contributed by atoms with Crippen molar-refractivity contribution in [1.29, 1.82) is 0 Å². The minimum Gasteiger partial charge on any atom is -0.484 e. The summed E-state index contributed by atoms with van der Waals surface area (Å²) in [7, 11) is 1.88. The Labute approximate surface area is 148 Å². The normalized spacial score (nSPS) is 16.1. The maximum atomic E-state index is 6.03. The Morgan fingerprint density at radius 3 is 3.12 bits per heavy atom. The van der Waals surface area contributed by atoms with Gasteiger partial charge in [-0.05, 0) is 24.3 Å². The van der Waals surface area contributed by atoms with Crippen molar-refractivity contribution < 1.29 is 4.74 Å². The van der Waals surface area contributed by atoms with Gasteiger partial charge in [0.05, 0.1) is 18.4 Å². The topological polar surface area (TPSA) is 95.0 Å². The highest BCUT2D eigenvalue weighted by Gasteiger charge is 2.22. The number of hydrogen-bond donors (Lipinski definition) is 1. The predicted octanol–water partition coefficient (Wildman–Crippen LogP) is 1.34. The number of fused-ring (bicyclic) bond motifs is 2. The summed E-state index contributed by atoms with van der Waals surface area (Å²) in [6.45, 7) is 0.654. The van der Waals surface area contributed by atoms with Gasteiger partial charge < -0.3 is 10.1 Å². The summed E-state index contributed by atoms with van der Waals surface area (Å²) >= 11 is 0. The molecule has 9 nitrogen and oxygen atoms in total. The van der Waals surface area contributed by atoms with E-state index in [1.165, 1.54) is 0 Å². The smallest absolute Gasteiger partial charge is 0.177 e. The third-order valence-electron chi connectivity index (χ3n) is 4.30. The van der Waals surface area contributed by atoms with E-state index in [4.69, 9.17) is 4.74 Å². The van der Waals surface area contributed by atoms with Crippen LogP contribution in [0.2, 0.25) is 0 Å². The first kappa shape index (κ1) is 14.8. The lowest BCUT2D eigenvalue weighted by Gasteiger charge is -2.25. The molecule has 0 amide bonds. The number of pyridine rings is 1. The van der Waals surface area contributed by atoms with Crippen LogP contribution in [0.15, 0.2) is 42.9 Å². The molecular weight excluding hydrogens is 332 g/mol. The number of nitrogens with one attached hydrogen (secondary N) is 1. The Hall–Kier alpha value is -3.49. The van der Waals surface area contributed by atoms with Gasteiger partial charge in [-0.2, -0.15) is 14.7 Å². The van der Waals surface area contributed by atoms with E-state index < -0.39 is 0 Å². The third kappa shape index (κ3) is 2.53. The first-order valence-electron chi connectivity index (χ1n) is 8.32. The fourth-order valence-electron chi connectivity index (χ4n) is 3.04. The van der Waals surface area contributed by atoms with Crippen LogP contribution in [-0.2, 0) is 13.5 Å². The summed E-state index contributed by atoms with van der Waals surface area (Å²) in [4.78, 5) is 4.26. The molecule has 1 atom stereocenters. The minimum absolute atomic E-state index is 0.0667. The number of hydrogen-bond acceptors (Lipinski definition) is 7. The number of anilines is 1. The van der Waals surface area contributed by atoms with E-state index in [9.17, 15) is 0 Å². The maximum Gasteiger partial charge on any atom is 0.177 e. The SMILES string of the molecule is Cn1cc(-c2ccc3nnc(CC4CNc5ncccc5O4)n3n2)cn1. The Morgan fingerprint density at radius 1 is 1.27 bits per heavy atom. The molecule has 0 saturated heterocycles. The second-order valence-electron chi connectivity index (χ2n) is 6.18. The minimum atomic E-state index is -0.0667. The van der Waals surface area contributed by atoms with Crippen molar-refractivity contribution in [2.75, 3.05) is 11.9 Å². The fraction of sp³-hybridized carbons (Fsp3) is 0.235. The van der Waals surface area contributed by atoms with Gasteiger partial charge in [-0.3, -0.25) is 4.68 Å². The second-order valence-corrected chi connectivity index (χ2v) is 6.18. The quantitative estimate of drug-likeness (QED) is 0.597. The van der Waals surface area contributed by atoms with Gasteiger partial charge in [0.15, 0.2) is 23.0 Å². The first-order valence-corrected chi connectivity index (χ1v) is 8.32. The lowest BCUT2D eigenvalue weighted by Crippen LogP contribution is -2.33. The number of nitrogens with zero attached hydrogens (tertiary/aromatic N) is 7. The summed E-state index contributed by atoms with van der Waals surface area (Å²) in [5, 5.41) is 20.7. The van der Waals surface area contributed by atoms with Gasteiger partial charge in [0, 0.05) is 31.4 Å². The van der Waals surface area contributed by atoms with Crippen LogP contribution in [0.3, 0.4) is 0 Å². The van der Waals surface area contributed by atoms with Gasteiger partial charge in [0.25, 0.3) is 0 Å². The van der Waals surface area contributed by atoms with Crippen molar-refractivity contribution in [3.8, 4) is 17.0 Å². The van der Waals surface area contributed by atoms with Gasteiger partial charge >= 0.3 is 0 Å². The summed E-state index contributed by atoms with van der Waals surface area (Å²) in [5.41, 5.74) is 2.48. The summed E-state index contributed by atoms with van der Waals surface area (Å²) in [6.07, 6.45) is 5.98. The molecule has 26 heavy (non-hydrogen) atoms. The van der Waals surface area contributed by atoms with Gasteiger partial charge in [-0.25, -0.2) is 4.98 Å². The van der Waals surface area contributed by atoms with Gasteiger partial charge in [0.1, 0.15) is 6.10 Å². The van der Waals surface area contributed by atoms with E-state index >= 15 is 0 Å². The highest BCUT2D eigenvalue weighted by Crippen LogP contribution is 2.26. The highest BCUT2D eigenvalue weighted by atomic mass is 16.5. The first-order chi connectivity index (χ1) is 12.8. The molecular formula is C17H16N8O. The fourth-order valence-corrected chi connectivity index (χ4v) is 3.04. The van der Waals surface area contributed by atoms with E-state index in [1.807, 2.05) is 37.5 Å². The Morgan fingerprint density at radius 2 is 2.23 bits per heavy atom. The summed E-state index contributed by atoms with van der Waals surface area (Å²) < 4.78 is 9.54. The lowest BCUT2D eigenvalue weighted by molar-refractivity contribution is 0.202. The molecule has 5 rings (SSSR count). The molecule has 0 aliphatic carbocycles. The predicted molar refractivity (Wildman–Crippen MR) is 93.8 cm³/mol. The van der Waals surface area contributed by atoms with Crippen molar-refractivity contribution in [2.45, 2.75) is 12.5 Å². The molecule has 130 valence electrons. The Kier molecular flexibility index (Phi) is 3.30. The van der Waals surface area contributed by atoms with Crippen LogP contribution in [-0.4, -0.2) is 47.2 Å². The van der Waals surface area contributed by atoms with E-state index in [0.29, 0.717) is 18.6 Å². The number of aryl methyl sites for hydroxylation is 1. The van der Waals surface area contributed by atoms with Crippen molar-refractivity contribution in [1.82, 2.24) is 34.6 Å². The Balaban J connectivity index is 1.44.